The molecule has 2 saturated heterocycles. The van der Waals surface area contributed by atoms with Crippen LogP contribution in [0, 0.1) is 29.4 Å². The number of nitrogens with zero attached hydrogens (tertiary/aromatic N) is 3. The second kappa shape index (κ2) is 7.11. The lowest BCUT2D eigenvalue weighted by Crippen LogP contribution is -2.50. The summed E-state index contributed by atoms with van der Waals surface area (Å²) in [5.41, 5.74) is 1.25. The number of nitrogens with one attached hydrogen (secondary N) is 2. The van der Waals surface area contributed by atoms with Crippen molar-refractivity contribution in [2.24, 2.45) is 28.0 Å². The zero-order valence-corrected chi connectivity index (χ0v) is 14.3. The van der Waals surface area contributed by atoms with Crippen molar-refractivity contribution in [3.8, 4) is 0 Å². The molecule has 2 fully saturated rings. The topological polar surface area (TPSA) is 69.1 Å². The van der Waals surface area contributed by atoms with Crippen molar-refractivity contribution in [1.82, 2.24) is 10.6 Å². The Labute approximate surface area is 150 Å². The molecule has 1 aromatic rings. The van der Waals surface area contributed by atoms with Crippen LogP contribution in [-0.2, 0) is 4.79 Å². The molecule has 0 aromatic heterocycles. The molecule has 0 saturated carbocycles. The fraction of sp³-hybridized carbons (Fsp3) is 0.500. The van der Waals surface area contributed by atoms with E-state index in [9.17, 15) is 13.6 Å². The molecule has 4 rings (SSSR count). The first-order chi connectivity index (χ1) is 12.6. The Morgan fingerprint density at radius 2 is 2.23 bits per heavy atom. The van der Waals surface area contributed by atoms with Gasteiger partial charge in [-0.15, -0.1) is 0 Å². The van der Waals surface area contributed by atoms with Gasteiger partial charge in [0.15, 0.2) is 0 Å². The second-order valence-electron chi connectivity index (χ2n) is 7.05. The number of rotatable bonds is 4. The van der Waals surface area contributed by atoms with Crippen molar-refractivity contribution in [3.63, 3.8) is 0 Å². The summed E-state index contributed by atoms with van der Waals surface area (Å²) in [5, 5.41) is 14.3. The number of anilines is 1. The van der Waals surface area contributed by atoms with Crippen LogP contribution in [0.3, 0.4) is 0 Å². The third-order valence-corrected chi connectivity index (χ3v) is 5.29. The monoisotopic (exact) mass is 361 g/mol. The van der Waals surface area contributed by atoms with Gasteiger partial charge < -0.3 is 15.5 Å². The highest BCUT2D eigenvalue weighted by atomic mass is 19.1. The highest BCUT2D eigenvalue weighted by Gasteiger charge is 2.35. The van der Waals surface area contributed by atoms with Gasteiger partial charge in [0, 0.05) is 50.9 Å². The molecule has 0 bridgehead atoms. The van der Waals surface area contributed by atoms with Crippen molar-refractivity contribution in [2.75, 3.05) is 37.6 Å². The van der Waals surface area contributed by atoms with Crippen molar-refractivity contribution in [2.45, 2.75) is 6.42 Å². The molecule has 0 radical (unpaired) electrons. The third kappa shape index (κ3) is 3.33. The van der Waals surface area contributed by atoms with Crippen molar-refractivity contribution in [3.05, 3.63) is 29.8 Å². The molecule has 1 amide bonds. The zero-order chi connectivity index (χ0) is 18.1. The predicted molar refractivity (Wildman–Crippen MR) is 95.5 cm³/mol. The minimum absolute atomic E-state index is 0.0436. The summed E-state index contributed by atoms with van der Waals surface area (Å²) < 4.78 is 27.0. The Balaban J connectivity index is 1.31. The standard InChI is InChI=1S/C18H21F2N5O/c19-13-1-2-16(15(20)5-13)25-4-3-11(10-25)6-22-18(26)14-9-21-7-12-8-23-24-17(12)14/h1-2,5,8,11-12,14,21H,3-4,6-7,9-10H2,(H,22,26). The molecular formula is C18H21F2N5O. The summed E-state index contributed by atoms with van der Waals surface area (Å²) in [5.74, 6) is -1.11. The average molecular weight is 361 g/mol. The van der Waals surface area contributed by atoms with Crippen LogP contribution in [0.1, 0.15) is 6.42 Å². The number of piperidine rings is 1. The third-order valence-electron chi connectivity index (χ3n) is 5.29. The number of carbonyl (C=O) groups is 1. The van der Waals surface area contributed by atoms with Crippen LogP contribution in [0.25, 0.3) is 0 Å². The predicted octanol–water partition coefficient (Wildman–Crippen LogP) is 1.18. The molecule has 3 heterocycles. The second-order valence-corrected chi connectivity index (χ2v) is 7.05. The molecular weight excluding hydrogens is 340 g/mol. The molecule has 6 nitrogen and oxygen atoms in total. The zero-order valence-electron chi connectivity index (χ0n) is 14.3. The maximum atomic E-state index is 13.9. The van der Waals surface area contributed by atoms with Crippen LogP contribution in [-0.4, -0.2) is 50.6 Å². The first kappa shape index (κ1) is 17.1. The van der Waals surface area contributed by atoms with Gasteiger partial charge in [0.1, 0.15) is 11.6 Å². The van der Waals surface area contributed by atoms with Gasteiger partial charge >= 0.3 is 0 Å². The van der Waals surface area contributed by atoms with Crippen molar-refractivity contribution in [1.29, 1.82) is 0 Å². The Hall–Kier alpha value is -2.35. The van der Waals surface area contributed by atoms with E-state index in [0.717, 1.165) is 24.7 Å². The summed E-state index contributed by atoms with van der Waals surface area (Å²) in [4.78, 5) is 14.4. The van der Waals surface area contributed by atoms with Gasteiger partial charge in [-0.05, 0) is 24.5 Å². The number of fused-ring (bicyclic) bond motifs is 1. The lowest BCUT2D eigenvalue weighted by atomic mass is 9.88. The van der Waals surface area contributed by atoms with E-state index in [4.69, 9.17) is 0 Å². The van der Waals surface area contributed by atoms with Gasteiger partial charge in [-0.3, -0.25) is 4.79 Å². The summed E-state index contributed by atoms with van der Waals surface area (Å²) in [6, 6.07) is 3.64. The molecule has 8 heteroatoms. The number of hydrogen-bond acceptors (Lipinski definition) is 5. The van der Waals surface area contributed by atoms with Crippen molar-refractivity contribution >= 4 is 23.5 Å². The van der Waals surface area contributed by atoms with Crippen LogP contribution < -0.4 is 15.5 Å². The van der Waals surface area contributed by atoms with E-state index < -0.39 is 11.6 Å². The number of carbonyl (C=O) groups excluding carboxylic acids is 1. The summed E-state index contributed by atoms with van der Waals surface area (Å²) in [6.45, 7) is 3.21. The van der Waals surface area contributed by atoms with Gasteiger partial charge in [-0.1, -0.05) is 0 Å². The minimum atomic E-state index is -0.576. The van der Waals surface area contributed by atoms with Crippen LogP contribution in [0.4, 0.5) is 14.5 Å². The first-order valence-corrected chi connectivity index (χ1v) is 8.91. The van der Waals surface area contributed by atoms with Gasteiger partial charge in [0.25, 0.3) is 0 Å². The number of halogens is 2. The Bertz CT molecular complexity index is 766. The molecule has 1 aromatic carbocycles. The summed E-state index contributed by atoms with van der Waals surface area (Å²) in [7, 11) is 0. The van der Waals surface area contributed by atoms with E-state index in [2.05, 4.69) is 20.8 Å². The van der Waals surface area contributed by atoms with E-state index in [0.29, 0.717) is 31.9 Å². The largest absolute Gasteiger partial charge is 0.369 e. The molecule has 2 N–H and O–H groups in total. The SMILES string of the molecule is O=C(NCC1CCN(c2ccc(F)cc2F)C1)C1CNCC2C=NN=C21. The smallest absolute Gasteiger partial charge is 0.230 e. The first-order valence-electron chi connectivity index (χ1n) is 8.91. The lowest BCUT2D eigenvalue weighted by molar-refractivity contribution is -0.123. The van der Waals surface area contributed by atoms with Crippen LogP contribution in [0.5, 0.6) is 0 Å². The van der Waals surface area contributed by atoms with Gasteiger partial charge in [0.2, 0.25) is 5.91 Å². The lowest BCUT2D eigenvalue weighted by Gasteiger charge is -2.27. The molecule has 3 unspecified atom stereocenters. The van der Waals surface area contributed by atoms with Crippen LogP contribution in [0.15, 0.2) is 28.4 Å². The van der Waals surface area contributed by atoms with E-state index in [1.807, 2.05) is 4.90 Å². The maximum absolute atomic E-state index is 13.9. The number of amides is 1. The molecule has 0 aliphatic carbocycles. The highest BCUT2D eigenvalue weighted by Crippen LogP contribution is 2.26. The number of hydrogen-bond donors (Lipinski definition) is 2. The molecule has 3 aliphatic rings. The van der Waals surface area contributed by atoms with Crippen LogP contribution in [0.2, 0.25) is 0 Å². The molecule has 138 valence electrons. The Kier molecular flexibility index (Phi) is 4.67. The van der Waals surface area contributed by atoms with Crippen molar-refractivity contribution < 1.29 is 13.6 Å². The molecule has 3 aliphatic heterocycles. The fourth-order valence-electron chi connectivity index (χ4n) is 3.86. The van der Waals surface area contributed by atoms with E-state index in [1.165, 1.54) is 12.1 Å². The Morgan fingerprint density at radius 3 is 3.08 bits per heavy atom. The Morgan fingerprint density at radius 1 is 1.35 bits per heavy atom. The van der Waals surface area contributed by atoms with E-state index in [1.54, 1.807) is 6.21 Å². The number of benzene rings is 1. The molecule has 0 spiro atoms. The quantitative estimate of drug-likeness (QED) is 0.846. The normalized spacial score (nSPS) is 27.4. The summed E-state index contributed by atoms with van der Waals surface area (Å²) in [6.07, 6.45) is 2.63. The van der Waals surface area contributed by atoms with Gasteiger partial charge in [-0.2, -0.15) is 10.2 Å². The van der Waals surface area contributed by atoms with Gasteiger partial charge in [-0.25, -0.2) is 8.78 Å². The van der Waals surface area contributed by atoms with E-state index in [-0.39, 0.29) is 23.7 Å². The fourth-order valence-corrected chi connectivity index (χ4v) is 3.86. The average Bonchev–Trinajstić information content (AvgIpc) is 3.28. The van der Waals surface area contributed by atoms with E-state index >= 15 is 0 Å². The highest BCUT2D eigenvalue weighted by molar-refractivity contribution is 6.13. The minimum Gasteiger partial charge on any atom is -0.369 e. The summed E-state index contributed by atoms with van der Waals surface area (Å²) >= 11 is 0. The molecule has 3 atom stereocenters. The van der Waals surface area contributed by atoms with Crippen LogP contribution >= 0.6 is 0 Å². The molecule has 26 heavy (non-hydrogen) atoms. The van der Waals surface area contributed by atoms with Gasteiger partial charge in [0.05, 0.1) is 17.3 Å². The maximum Gasteiger partial charge on any atom is 0.230 e.